The van der Waals surface area contributed by atoms with Crippen LogP contribution in [-0.2, 0) is 0 Å². The van der Waals surface area contributed by atoms with Crippen molar-refractivity contribution in [1.82, 2.24) is 9.38 Å². The molecular formula is C21H23N3O3. The number of hydrogen-bond acceptors (Lipinski definition) is 5. The number of aromatic nitrogens is 2. The van der Waals surface area contributed by atoms with E-state index in [4.69, 9.17) is 9.47 Å². The molecule has 0 unspecified atom stereocenters. The van der Waals surface area contributed by atoms with Gasteiger partial charge in [0.1, 0.15) is 17.6 Å². The average molecular weight is 365 g/mol. The Morgan fingerprint density at radius 3 is 2.59 bits per heavy atom. The van der Waals surface area contributed by atoms with Crippen molar-refractivity contribution in [1.29, 1.82) is 0 Å². The van der Waals surface area contributed by atoms with Gasteiger partial charge in [0.2, 0.25) is 0 Å². The molecule has 6 nitrogen and oxygen atoms in total. The molecular weight excluding hydrogens is 342 g/mol. The van der Waals surface area contributed by atoms with Gasteiger partial charge in [0.05, 0.1) is 6.61 Å². The van der Waals surface area contributed by atoms with Crippen molar-refractivity contribution in [3.8, 4) is 11.5 Å². The standard InChI is InChI=1S/C21H23N3O3/c1-2-26-17-7-3-4-8-18(17)27-16-10-13-23(14-11-16)20-15-21(25)24-12-6-5-9-19(24)22-20/h3-9,12,15-16H,2,10-11,13-14H2,1H3. The van der Waals surface area contributed by atoms with Crippen LogP contribution in [0, 0.1) is 0 Å². The number of para-hydroxylation sites is 2. The Bertz CT molecular complexity index is 978. The largest absolute Gasteiger partial charge is 0.490 e. The maximum Gasteiger partial charge on any atom is 0.259 e. The van der Waals surface area contributed by atoms with E-state index in [-0.39, 0.29) is 11.7 Å². The summed E-state index contributed by atoms with van der Waals surface area (Å²) in [6, 6.07) is 15.0. The van der Waals surface area contributed by atoms with Gasteiger partial charge >= 0.3 is 0 Å². The third-order valence-electron chi connectivity index (χ3n) is 4.77. The summed E-state index contributed by atoms with van der Waals surface area (Å²) in [6.45, 7) is 4.18. The predicted molar refractivity (Wildman–Crippen MR) is 105 cm³/mol. The van der Waals surface area contributed by atoms with Gasteiger partial charge in [0, 0.05) is 38.2 Å². The third-order valence-corrected chi connectivity index (χ3v) is 4.77. The number of piperidine rings is 1. The van der Waals surface area contributed by atoms with E-state index in [1.165, 1.54) is 0 Å². The summed E-state index contributed by atoms with van der Waals surface area (Å²) in [6.07, 6.45) is 3.61. The normalized spacial score (nSPS) is 15.1. The van der Waals surface area contributed by atoms with Gasteiger partial charge in [0.15, 0.2) is 11.5 Å². The minimum atomic E-state index is -0.0559. The molecule has 0 radical (unpaired) electrons. The lowest BCUT2D eigenvalue weighted by atomic mass is 10.1. The van der Waals surface area contributed by atoms with Crippen LogP contribution in [-0.4, -0.2) is 35.2 Å². The second-order valence-electron chi connectivity index (χ2n) is 6.57. The number of rotatable bonds is 5. The molecule has 0 spiro atoms. The summed E-state index contributed by atoms with van der Waals surface area (Å²) < 4.78 is 13.4. The van der Waals surface area contributed by atoms with Crippen LogP contribution in [0.15, 0.2) is 59.5 Å². The Hall–Kier alpha value is -3.02. The summed E-state index contributed by atoms with van der Waals surface area (Å²) >= 11 is 0. The Morgan fingerprint density at radius 2 is 1.81 bits per heavy atom. The monoisotopic (exact) mass is 365 g/mol. The maximum absolute atomic E-state index is 12.3. The molecule has 1 fully saturated rings. The van der Waals surface area contributed by atoms with E-state index in [0.29, 0.717) is 12.3 Å². The van der Waals surface area contributed by atoms with Gasteiger partial charge in [-0.05, 0) is 31.2 Å². The zero-order valence-electron chi connectivity index (χ0n) is 15.4. The van der Waals surface area contributed by atoms with Crippen LogP contribution in [0.25, 0.3) is 5.65 Å². The minimum Gasteiger partial charge on any atom is -0.490 e. The first-order chi connectivity index (χ1) is 13.2. The fourth-order valence-corrected chi connectivity index (χ4v) is 3.41. The van der Waals surface area contributed by atoms with E-state index in [0.717, 1.165) is 43.2 Å². The summed E-state index contributed by atoms with van der Waals surface area (Å²) in [5.74, 6) is 2.31. The molecule has 1 aliphatic heterocycles. The van der Waals surface area contributed by atoms with Crippen molar-refractivity contribution in [3.05, 3.63) is 65.1 Å². The molecule has 3 aromatic rings. The lowest BCUT2D eigenvalue weighted by Gasteiger charge is -2.33. The molecule has 4 rings (SSSR count). The number of pyridine rings is 1. The number of hydrogen-bond donors (Lipinski definition) is 0. The summed E-state index contributed by atoms with van der Waals surface area (Å²) in [5.41, 5.74) is 0.614. The van der Waals surface area contributed by atoms with Crippen molar-refractivity contribution < 1.29 is 9.47 Å². The van der Waals surface area contributed by atoms with Crippen LogP contribution in [0.4, 0.5) is 5.82 Å². The highest BCUT2D eigenvalue weighted by atomic mass is 16.5. The van der Waals surface area contributed by atoms with E-state index in [9.17, 15) is 4.79 Å². The molecule has 27 heavy (non-hydrogen) atoms. The van der Waals surface area contributed by atoms with Gasteiger partial charge in [-0.1, -0.05) is 18.2 Å². The molecule has 0 amide bonds. The summed E-state index contributed by atoms with van der Waals surface area (Å²) in [4.78, 5) is 19.1. The van der Waals surface area contributed by atoms with Crippen LogP contribution in [0.5, 0.6) is 11.5 Å². The lowest BCUT2D eigenvalue weighted by Crippen LogP contribution is -2.39. The molecule has 0 atom stereocenters. The highest BCUT2D eigenvalue weighted by Crippen LogP contribution is 2.29. The topological polar surface area (TPSA) is 56.1 Å². The van der Waals surface area contributed by atoms with E-state index in [1.807, 2.05) is 49.4 Å². The smallest absolute Gasteiger partial charge is 0.259 e. The first-order valence-electron chi connectivity index (χ1n) is 9.36. The highest BCUT2D eigenvalue weighted by molar-refractivity contribution is 5.48. The molecule has 0 bridgehead atoms. The first-order valence-corrected chi connectivity index (χ1v) is 9.36. The SMILES string of the molecule is CCOc1ccccc1OC1CCN(c2cc(=O)n3ccccc3n2)CC1. The minimum absolute atomic E-state index is 0.0559. The number of anilines is 1. The molecule has 0 N–H and O–H groups in total. The highest BCUT2D eigenvalue weighted by Gasteiger charge is 2.23. The number of benzene rings is 1. The lowest BCUT2D eigenvalue weighted by molar-refractivity contribution is 0.162. The Kier molecular flexibility index (Phi) is 4.96. The molecule has 140 valence electrons. The van der Waals surface area contributed by atoms with Gasteiger partial charge in [-0.25, -0.2) is 4.98 Å². The molecule has 0 aliphatic carbocycles. The third kappa shape index (κ3) is 3.74. The number of nitrogens with zero attached hydrogens (tertiary/aromatic N) is 3. The Labute approximate surface area is 158 Å². The molecule has 1 aromatic carbocycles. The average Bonchev–Trinajstić information content (AvgIpc) is 2.70. The maximum atomic E-state index is 12.3. The Balaban J connectivity index is 1.44. The second kappa shape index (κ2) is 7.70. The summed E-state index contributed by atoms with van der Waals surface area (Å²) in [7, 11) is 0. The zero-order chi connectivity index (χ0) is 18.6. The Morgan fingerprint density at radius 1 is 1.07 bits per heavy atom. The van der Waals surface area contributed by atoms with Gasteiger partial charge in [0.25, 0.3) is 5.56 Å². The van der Waals surface area contributed by atoms with E-state index in [1.54, 1.807) is 16.7 Å². The van der Waals surface area contributed by atoms with Crippen LogP contribution < -0.4 is 19.9 Å². The first kappa shape index (κ1) is 17.4. The van der Waals surface area contributed by atoms with E-state index < -0.39 is 0 Å². The molecule has 1 saturated heterocycles. The van der Waals surface area contributed by atoms with Crippen molar-refractivity contribution in [2.45, 2.75) is 25.9 Å². The van der Waals surface area contributed by atoms with Crippen LogP contribution in [0.1, 0.15) is 19.8 Å². The van der Waals surface area contributed by atoms with Gasteiger partial charge in [-0.2, -0.15) is 0 Å². The van der Waals surface area contributed by atoms with Crippen molar-refractivity contribution >= 4 is 11.5 Å². The fraction of sp³-hybridized carbons (Fsp3) is 0.333. The molecule has 0 saturated carbocycles. The van der Waals surface area contributed by atoms with Crippen molar-refractivity contribution in [2.75, 3.05) is 24.6 Å². The van der Waals surface area contributed by atoms with Gasteiger partial charge in [-0.3, -0.25) is 9.20 Å². The van der Waals surface area contributed by atoms with Gasteiger partial charge in [-0.15, -0.1) is 0 Å². The van der Waals surface area contributed by atoms with Crippen LogP contribution in [0.3, 0.4) is 0 Å². The molecule has 6 heteroatoms. The zero-order valence-corrected chi connectivity index (χ0v) is 15.4. The number of ether oxygens (including phenoxy) is 2. The molecule has 2 aromatic heterocycles. The van der Waals surface area contributed by atoms with E-state index in [2.05, 4.69) is 9.88 Å². The quantitative estimate of drug-likeness (QED) is 0.695. The van der Waals surface area contributed by atoms with Crippen LogP contribution >= 0.6 is 0 Å². The summed E-state index contributed by atoms with van der Waals surface area (Å²) in [5, 5.41) is 0. The fourth-order valence-electron chi connectivity index (χ4n) is 3.41. The predicted octanol–water partition coefficient (Wildman–Crippen LogP) is 3.14. The van der Waals surface area contributed by atoms with Crippen molar-refractivity contribution in [3.63, 3.8) is 0 Å². The molecule has 3 heterocycles. The van der Waals surface area contributed by atoms with Crippen LogP contribution in [0.2, 0.25) is 0 Å². The molecule has 1 aliphatic rings. The van der Waals surface area contributed by atoms with Crippen molar-refractivity contribution in [2.24, 2.45) is 0 Å². The van der Waals surface area contributed by atoms with E-state index >= 15 is 0 Å². The second-order valence-corrected chi connectivity index (χ2v) is 6.57. The number of fused-ring (bicyclic) bond motifs is 1. The van der Waals surface area contributed by atoms with Gasteiger partial charge < -0.3 is 14.4 Å².